The quantitative estimate of drug-likeness (QED) is 0.906. The summed E-state index contributed by atoms with van der Waals surface area (Å²) in [5, 5.41) is 1.05. The van der Waals surface area contributed by atoms with E-state index in [9.17, 15) is 4.39 Å². The number of benzene rings is 1. The number of nitrogens with two attached hydrogens (primary N) is 1. The van der Waals surface area contributed by atoms with Crippen molar-refractivity contribution in [3.05, 3.63) is 51.7 Å². The molecule has 1 aromatic heterocycles. The van der Waals surface area contributed by atoms with Crippen molar-refractivity contribution in [1.82, 2.24) is 4.98 Å². The van der Waals surface area contributed by atoms with Gasteiger partial charge in [-0.05, 0) is 37.6 Å². The third-order valence-corrected chi connectivity index (χ3v) is 3.66. The van der Waals surface area contributed by atoms with E-state index in [4.69, 9.17) is 5.73 Å². The molecule has 0 saturated heterocycles. The predicted octanol–water partition coefficient (Wildman–Crippen LogP) is 2.88. The van der Waals surface area contributed by atoms with E-state index in [0.29, 0.717) is 6.54 Å². The minimum atomic E-state index is -0.207. The van der Waals surface area contributed by atoms with Crippen LogP contribution in [-0.2, 0) is 6.42 Å². The smallest absolute Gasteiger partial charge is 0.123 e. The molecule has 17 heavy (non-hydrogen) atoms. The molecule has 1 aromatic carbocycles. The Balaban J connectivity index is 2.16. The molecule has 0 saturated carbocycles. The fourth-order valence-electron chi connectivity index (χ4n) is 1.84. The highest BCUT2D eigenvalue weighted by Crippen LogP contribution is 2.23. The Morgan fingerprint density at radius 3 is 2.88 bits per heavy atom. The molecule has 0 fully saturated rings. The summed E-state index contributed by atoms with van der Waals surface area (Å²) in [4.78, 5) is 5.42. The van der Waals surface area contributed by atoms with E-state index < -0.39 is 0 Å². The molecular weight excluding hydrogens is 235 g/mol. The van der Waals surface area contributed by atoms with Gasteiger partial charge >= 0.3 is 0 Å². The highest BCUT2D eigenvalue weighted by atomic mass is 32.1. The van der Waals surface area contributed by atoms with Crippen LogP contribution in [0.3, 0.4) is 0 Å². The van der Waals surface area contributed by atoms with Gasteiger partial charge in [0.2, 0.25) is 0 Å². The molecule has 1 unspecified atom stereocenters. The summed E-state index contributed by atoms with van der Waals surface area (Å²) in [7, 11) is 0. The minimum absolute atomic E-state index is 0.158. The summed E-state index contributed by atoms with van der Waals surface area (Å²) >= 11 is 1.67. The number of thiazole rings is 1. The van der Waals surface area contributed by atoms with Gasteiger partial charge in [-0.1, -0.05) is 12.1 Å². The molecule has 0 spiro atoms. The number of nitrogens with zero attached hydrogens (tertiary/aromatic N) is 1. The van der Waals surface area contributed by atoms with Crippen LogP contribution in [-0.4, -0.2) is 11.5 Å². The summed E-state index contributed by atoms with van der Waals surface area (Å²) in [5.74, 6) is -0.0491. The number of aromatic nitrogens is 1. The maximum Gasteiger partial charge on any atom is 0.123 e. The van der Waals surface area contributed by atoms with Gasteiger partial charge in [-0.25, -0.2) is 9.37 Å². The fourth-order valence-corrected chi connectivity index (χ4v) is 2.72. The van der Waals surface area contributed by atoms with Crippen LogP contribution in [0, 0.1) is 12.7 Å². The van der Waals surface area contributed by atoms with Crippen LogP contribution >= 0.6 is 11.3 Å². The molecule has 1 heterocycles. The van der Waals surface area contributed by atoms with Crippen molar-refractivity contribution in [2.75, 3.05) is 6.54 Å². The van der Waals surface area contributed by atoms with Crippen LogP contribution in [0.1, 0.15) is 21.4 Å². The number of halogens is 1. The van der Waals surface area contributed by atoms with E-state index in [1.165, 1.54) is 10.9 Å². The average Bonchev–Trinajstić information content (AvgIpc) is 2.72. The molecule has 0 radical (unpaired) electrons. The molecule has 1 atom stereocenters. The normalized spacial score (nSPS) is 12.6. The summed E-state index contributed by atoms with van der Waals surface area (Å²) in [6, 6.07) is 6.67. The summed E-state index contributed by atoms with van der Waals surface area (Å²) in [6.07, 6.45) is 2.70. The topological polar surface area (TPSA) is 38.9 Å². The van der Waals surface area contributed by atoms with Crippen molar-refractivity contribution in [3.63, 3.8) is 0 Å². The zero-order valence-electron chi connectivity index (χ0n) is 9.69. The standard InChI is InChI=1S/C13H15FN2S/c1-9-16-8-13(17-9)6-11(7-15)10-3-2-4-12(14)5-10/h2-5,8,11H,6-7,15H2,1H3. The van der Waals surface area contributed by atoms with Gasteiger partial charge < -0.3 is 5.73 Å². The Kier molecular flexibility index (Phi) is 3.86. The van der Waals surface area contributed by atoms with Crippen molar-refractivity contribution < 1.29 is 4.39 Å². The molecule has 0 amide bonds. The maximum absolute atomic E-state index is 13.2. The molecular formula is C13H15FN2S. The van der Waals surface area contributed by atoms with Crippen LogP contribution < -0.4 is 5.73 Å². The van der Waals surface area contributed by atoms with Gasteiger partial charge in [-0.3, -0.25) is 0 Å². The molecule has 2 nitrogen and oxygen atoms in total. The molecule has 2 aromatic rings. The molecule has 0 aliphatic carbocycles. The predicted molar refractivity (Wildman–Crippen MR) is 68.8 cm³/mol. The summed E-state index contributed by atoms with van der Waals surface area (Å²) in [5.41, 5.74) is 6.73. The largest absolute Gasteiger partial charge is 0.330 e. The first-order valence-corrected chi connectivity index (χ1v) is 6.37. The van der Waals surface area contributed by atoms with Gasteiger partial charge in [0.25, 0.3) is 0 Å². The Hall–Kier alpha value is -1.26. The van der Waals surface area contributed by atoms with Crippen molar-refractivity contribution >= 4 is 11.3 Å². The van der Waals surface area contributed by atoms with Crippen molar-refractivity contribution in [2.24, 2.45) is 5.73 Å². The van der Waals surface area contributed by atoms with Gasteiger partial charge in [0.05, 0.1) is 5.01 Å². The first kappa shape index (κ1) is 12.2. The number of hydrogen-bond donors (Lipinski definition) is 1. The lowest BCUT2D eigenvalue weighted by Gasteiger charge is -2.13. The Labute approximate surface area is 104 Å². The zero-order valence-corrected chi connectivity index (χ0v) is 10.5. The second kappa shape index (κ2) is 5.38. The molecule has 0 bridgehead atoms. The lowest BCUT2D eigenvalue weighted by atomic mass is 9.95. The minimum Gasteiger partial charge on any atom is -0.330 e. The maximum atomic E-state index is 13.2. The Morgan fingerprint density at radius 1 is 1.47 bits per heavy atom. The van der Waals surface area contributed by atoms with E-state index in [1.54, 1.807) is 23.5 Å². The van der Waals surface area contributed by atoms with Crippen LogP contribution in [0.25, 0.3) is 0 Å². The van der Waals surface area contributed by atoms with Crippen LogP contribution in [0.5, 0.6) is 0 Å². The van der Waals surface area contributed by atoms with E-state index in [-0.39, 0.29) is 11.7 Å². The molecule has 0 aliphatic heterocycles. The van der Waals surface area contributed by atoms with Crippen molar-refractivity contribution in [2.45, 2.75) is 19.3 Å². The Morgan fingerprint density at radius 2 is 2.29 bits per heavy atom. The second-order valence-corrected chi connectivity index (χ2v) is 5.36. The lowest BCUT2D eigenvalue weighted by molar-refractivity contribution is 0.617. The molecule has 2 N–H and O–H groups in total. The average molecular weight is 250 g/mol. The van der Waals surface area contributed by atoms with Gasteiger partial charge in [0, 0.05) is 17.0 Å². The van der Waals surface area contributed by atoms with E-state index >= 15 is 0 Å². The fraction of sp³-hybridized carbons (Fsp3) is 0.308. The first-order chi connectivity index (χ1) is 8.19. The highest BCUT2D eigenvalue weighted by molar-refractivity contribution is 7.11. The second-order valence-electron chi connectivity index (χ2n) is 4.04. The first-order valence-electron chi connectivity index (χ1n) is 5.56. The van der Waals surface area contributed by atoms with E-state index in [0.717, 1.165) is 17.0 Å². The van der Waals surface area contributed by atoms with E-state index in [2.05, 4.69) is 4.98 Å². The van der Waals surface area contributed by atoms with Gasteiger partial charge in [0.15, 0.2) is 0 Å². The van der Waals surface area contributed by atoms with Crippen molar-refractivity contribution in [3.8, 4) is 0 Å². The molecule has 90 valence electrons. The lowest BCUT2D eigenvalue weighted by Crippen LogP contribution is -2.14. The van der Waals surface area contributed by atoms with Crippen LogP contribution in [0.15, 0.2) is 30.5 Å². The highest BCUT2D eigenvalue weighted by Gasteiger charge is 2.12. The van der Waals surface area contributed by atoms with Crippen LogP contribution in [0.4, 0.5) is 4.39 Å². The third-order valence-electron chi connectivity index (χ3n) is 2.72. The molecule has 4 heteroatoms. The molecule has 2 rings (SSSR count). The SMILES string of the molecule is Cc1ncc(CC(CN)c2cccc(F)c2)s1. The van der Waals surface area contributed by atoms with Gasteiger partial charge in [-0.2, -0.15) is 0 Å². The van der Waals surface area contributed by atoms with Crippen molar-refractivity contribution in [1.29, 1.82) is 0 Å². The van der Waals surface area contributed by atoms with Gasteiger partial charge in [0.1, 0.15) is 5.82 Å². The number of rotatable bonds is 4. The zero-order chi connectivity index (χ0) is 12.3. The van der Waals surface area contributed by atoms with Gasteiger partial charge in [-0.15, -0.1) is 11.3 Å². The van der Waals surface area contributed by atoms with E-state index in [1.807, 2.05) is 19.2 Å². The Bertz CT molecular complexity index is 496. The summed E-state index contributed by atoms with van der Waals surface area (Å²) in [6.45, 7) is 2.49. The number of aryl methyl sites for hydroxylation is 1. The van der Waals surface area contributed by atoms with Crippen LogP contribution in [0.2, 0.25) is 0 Å². The third kappa shape index (κ3) is 3.11. The summed E-state index contributed by atoms with van der Waals surface area (Å²) < 4.78 is 13.2. The number of hydrogen-bond acceptors (Lipinski definition) is 3. The monoisotopic (exact) mass is 250 g/mol. The molecule has 0 aliphatic rings.